The van der Waals surface area contributed by atoms with E-state index in [1.54, 1.807) is 18.2 Å². The van der Waals surface area contributed by atoms with Crippen molar-refractivity contribution in [3.8, 4) is 5.75 Å². The van der Waals surface area contributed by atoms with Crippen LogP contribution in [0.2, 0.25) is 0 Å². The molecule has 0 fully saturated rings. The molecule has 0 bridgehead atoms. The molecule has 0 aliphatic heterocycles. The van der Waals surface area contributed by atoms with Crippen LogP contribution < -0.4 is 5.73 Å². The molecule has 1 aromatic carbocycles. The summed E-state index contributed by atoms with van der Waals surface area (Å²) in [5.74, 6) is 0.242. The van der Waals surface area contributed by atoms with Crippen molar-refractivity contribution in [1.82, 2.24) is 0 Å². The molecule has 0 heterocycles. The maximum Gasteiger partial charge on any atom is 0.115 e. The standard InChI is InChI=1S/C11H17NO2/c1-8-7-9(14)3-4-10(8)11(2,12)5-6-13/h3-4,7,13-14H,5-6,12H2,1-2H3. The second-order valence-corrected chi connectivity index (χ2v) is 3.89. The SMILES string of the molecule is Cc1cc(O)ccc1C(C)(N)CCO. The van der Waals surface area contributed by atoms with Crippen molar-refractivity contribution in [2.45, 2.75) is 25.8 Å². The molecule has 78 valence electrons. The lowest BCUT2D eigenvalue weighted by atomic mass is 9.87. The number of phenolic OH excluding ortho intramolecular Hbond substituents is 1. The van der Waals surface area contributed by atoms with Gasteiger partial charge in [-0.1, -0.05) is 6.07 Å². The molecule has 3 nitrogen and oxygen atoms in total. The Balaban J connectivity index is 3.06. The Morgan fingerprint density at radius 2 is 2.07 bits per heavy atom. The first-order valence-corrected chi connectivity index (χ1v) is 4.67. The molecule has 1 atom stereocenters. The molecule has 0 amide bonds. The Morgan fingerprint density at radius 3 is 2.57 bits per heavy atom. The zero-order chi connectivity index (χ0) is 10.8. The predicted octanol–water partition coefficient (Wildman–Crippen LogP) is 1.26. The Morgan fingerprint density at radius 1 is 1.43 bits per heavy atom. The normalized spacial score (nSPS) is 15.1. The van der Waals surface area contributed by atoms with Gasteiger partial charge in [-0.15, -0.1) is 0 Å². The van der Waals surface area contributed by atoms with Gasteiger partial charge in [0.05, 0.1) is 0 Å². The van der Waals surface area contributed by atoms with Crippen LogP contribution in [-0.2, 0) is 5.54 Å². The first-order chi connectivity index (χ1) is 6.47. The van der Waals surface area contributed by atoms with Gasteiger partial charge in [0, 0.05) is 12.1 Å². The summed E-state index contributed by atoms with van der Waals surface area (Å²) in [6, 6.07) is 5.10. The molecule has 0 radical (unpaired) electrons. The van der Waals surface area contributed by atoms with E-state index < -0.39 is 5.54 Å². The molecular weight excluding hydrogens is 178 g/mol. The average Bonchev–Trinajstić information content (AvgIpc) is 2.02. The van der Waals surface area contributed by atoms with Crippen molar-refractivity contribution in [1.29, 1.82) is 0 Å². The van der Waals surface area contributed by atoms with Crippen LogP contribution in [0.3, 0.4) is 0 Å². The first-order valence-electron chi connectivity index (χ1n) is 4.67. The van der Waals surface area contributed by atoms with E-state index >= 15 is 0 Å². The molecule has 0 aromatic heterocycles. The maximum absolute atomic E-state index is 9.24. The molecule has 0 saturated carbocycles. The van der Waals surface area contributed by atoms with E-state index in [4.69, 9.17) is 10.8 Å². The number of aliphatic hydroxyl groups excluding tert-OH is 1. The lowest BCUT2D eigenvalue weighted by Gasteiger charge is -2.26. The van der Waals surface area contributed by atoms with E-state index in [1.807, 2.05) is 13.8 Å². The summed E-state index contributed by atoms with van der Waals surface area (Å²) in [7, 11) is 0. The highest BCUT2D eigenvalue weighted by atomic mass is 16.3. The summed E-state index contributed by atoms with van der Waals surface area (Å²) in [6.45, 7) is 3.84. The summed E-state index contributed by atoms with van der Waals surface area (Å²) in [4.78, 5) is 0. The number of aromatic hydroxyl groups is 1. The molecular formula is C11H17NO2. The largest absolute Gasteiger partial charge is 0.508 e. The Hall–Kier alpha value is -1.06. The fraction of sp³-hybridized carbons (Fsp3) is 0.455. The molecule has 4 N–H and O–H groups in total. The summed E-state index contributed by atoms with van der Waals surface area (Å²) in [5, 5.41) is 18.1. The van der Waals surface area contributed by atoms with Crippen LogP contribution in [0.4, 0.5) is 0 Å². The quantitative estimate of drug-likeness (QED) is 0.680. The predicted molar refractivity (Wildman–Crippen MR) is 56.1 cm³/mol. The monoisotopic (exact) mass is 195 g/mol. The highest BCUT2D eigenvalue weighted by molar-refractivity contribution is 5.37. The molecule has 0 aliphatic rings. The summed E-state index contributed by atoms with van der Waals surface area (Å²) < 4.78 is 0. The van der Waals surface area contributed by atoms with Crippen LogP contribution in [0.5, 0.6) is 5.75 Å². The minimum Gasteiger partial charge on any atom is -0.508 e. The van der Waals surface area contributed by atoms with Crippen LogP contribution in [0, 0.1) is 6.92 Å². The van der Waals surface area contributed by atoms with Gasteiger partial charge in [-0.05, 0) is 43.5 Å². The number of rotatable bonds is 3. The molecule has 1 rings (SSSR count). The number of hydrogen-bond acceptors (Lipinski definition) is 3. The highest BCUT2D eigenvalue weighted by Crippen LogP contribution is 2.26. The van der Waals surface area contributed by atoms with Crippen LogP contribution in [0.1, 0.15) is 24.5 Å². The van der Waals surface area contributed by atoms with Gasteiger partial charge in [0.1, 0.15) is 5.75 Å². The van der Waals surface area contributed by atoms with Crippen LogP contribution in [0.15, 0.2) is 18.2 Å². The van der Waals surface area contributed by atoms with Gasteiger partial charge in [0.2, 0.25) is 0 Å². The number of benzene rings is 1. The number of phenols is 1. The summed E-state index contributed by atoms with van der Waals surface area (Å²) in [5.41, 5.74) is 7.43. The van der Waals surface area contributed by atoms with Gasteiger partial charge in [-0.3, -0.25) is 0 Å². The van der Waals surface area contributed by atoms with Gasteiger partial charge in [-0.2, -0.15) is 0 Å². The van der Waals surface area contributed by atoms with Gasteiger partial charge in [0.25, 0.3) is 0 Å². The van der Waals surface area contributed by atoms with E-state index in [-0.39, 0.29) is 12.4 Å². The van der Waals surface area contributed by atoms with Crippen molar-refractivity contribution in [3.05, 3.63) is 29.3 Å². The topological polar surface area (TPSA) is 66.5 Å². The van der Waals surface area contributed by atoms with Crippen molar-refractivity contribution in [3.63, 3.8) is 0 Å². The smallest absolute Gasteiger partial charge is 0.115 e. The van der Waals surface area contributed by atoms with E-state index in [0.29, 0.717) is 6.42 Å². The maximum atomic E-state index is 9.24. The fourth-order valence-electron chi connectivity index (χ4n) is 1.66. The molecule has 0 saturated heterocycles. The average molecular weight is 195 g/mol. The van der Waals surface area contributed by atoms with Crippen molar-refractivity contribution >= 4 is 0 Å². The van der Waals surface area contributed by atoms with Gasteiger partial charge < -0.3 is 15.9 Å². The van der Waals surface area contributed by atoms with Crippen molar-refractivity contribution in [2.24, 2.45) is 5.73 Å². The zero-order valence-electron chi connectivity index (χ0n) is 8.62. The molecule has 1 unspecified atom stereocenters. The Labute approximate surface area is 84.2 Å². The number of aliphatic hydroxyl groups is 1. The minimum absolute atomic E-state index is 0.0628. The Kier molecular flexibility index (Phi) is 3.13. The van der Waals surface area contributed by atoms with E-state index in [2.05, 4.69) is 0 Å². The Bertz CT molecular complexity index is 321. The molecule has 1 aromatic rings. The lowest BCUT2D eigenvalue weighted by Crippen LogP contribution is -2.34. The van der Waals surface area contributed by atoms with Gasteiger partial charge in [-0.25, -0.2) is 0 Å². The number of aryl methyl sites for hydroxylation is 1. The van der Waals surface area contributed by atoms with Crippen LogP contribution >= 0.6 is 0 Å². The minimum atomic E-state index is -0.535. The van der Waals surface area contributed by atoms with Crippen LogP contribution in [-0.4, -0.2) is 16.8 Å². The van der Waals surface area contributed by atoms with Crippen molar-refractivity contribution < 1.29 is 10.2 Å². The molecule has 14 heavy (non-hydrogen) atoms. The van der Waals surface area contributed by atoms with E-state index in [9.17, 15) is 5.11 Å². The molecule has 0 aliphatic carbocycles. The number of hydrogen-bond donors (Lipinski definition) is 3. The zero-order valence-corrected chi connectivity index (χ0v) is 8.62. The second kappa shape index (κ2) is 3.98. The fourth-order valence-corrected chi connectivity index (χ4v) is 1.66. The van der Waals surface area contributed by atoms with Crippen molar-refractivity contribution in [2.75, 3.05) is 6.61 Å². The molecule has 0 spiro atoms. The molecule has 3 heteroatoms. The second-order valence-electron chi connectivity index (χ2n) is 3.89. The third-order valence-electron chi connectivity index (χ3n) is 2.46. The van der Waals surface area contributed by atoms with Gasteiger partial charge >= 0.3 is 0 Å². The summed E-state index contributed by atoms with van der Waals surface area (Å²) in [6.07, 6.45) is 0.513. The van der Waals surface area contributed by atoms with E-state index in [1.165, 1.54) is 0 Å². The third kappa shape index (κ3) is 2.25. The van der Waals surface area contributed by atoms with E-state index in [0.717, 1.165) is 11.1 Å². The first kappa shape index (κ1) is 11.0. The highest BCUT2D eigenvalue weighted by Gasteiger charge is 2.22. The number of nitrogens with two attached hydrogens (primary N) is 1. The van der Waals surface area contributed by atoms with Crippen LogP contribution in [0.25, 0.3) is 0 Å². The lowest BCUT2D eigenvalue weighted by molar-refractivity contribution is 0.247. The summed E-state index contributed by atoms with van der Waals surface area (Å²) >= 11 is 0. The third-order valence-corrected chi connectivity index (χ3v) is 2.46. The van der Waals surface area contributed by atoms with Gasteiger partial charge in [0.15, 0.2) is 0 Å².